The van der Waals surface area contributed by atoms with E-state index in [1.165, 1.54) is 6.07 Å². The highest BCUT2D eigenvalue weighted by Gasteiger charge is 2.15. The van der Waals surface area contributed by atoms with E-state index in [-0.39, 0.29) is 11.4 Å². The number of aromatic nitrogens is 1. The third kappa shape index (κ3) is 3.12. The van der Waals surface area contributed by atoms with Crippen LogP contribution in [0, 0.1) is 13.8 Å². The molecular formula is C18H15ClN2O3. The maximum Gasteiger partial charge on any atom is 0.277 e. The first-order valence-electron chi connectivity index (χ1n) is 7.29. The van der Waals surface area contributed by atoms with Gasteiger partial charge in [-0.25, -0.2) is 0 Å². The van der Waals surface area contributed by atoms with E-state index in [4.69, 9.17) is 16.1 Å². The van der Waals surface area contributed by atoms with Crippen LogP contribution >= 0.6 is 11.6 Å². The molecule has 0 aliphatic rings. The number of halogens is 1. The van der Waals surface area contributed by atoms with Crippen molar-refractivity contribution in [2.24, 2.45) is 0 Å². The fourth-order valence-corrected chi connectivity index (χ4v) is 2.38. The summed E-state index contributed by atoms with van der Waals surface area (Å²) in [5, 5.41) is 16.9. The molecule has 122 valence electrons. The molecule has 3 aromatic rings. The smallest absolute Gasteiger partial charge is 0.277 e. The SMILES string of the molecule is Cc1ccc(-c2cc(C(=O)Nc3cccc(Cl)c3C)no2)cc1O. The Morgan fingerprint density at radius 2 is 2.00 bits per heavy atom. The number of amides is 1. The van der Waals surface area contributed by atoms with Gasteiger partial charge < -0.3 is 14.9 Å². The predicted octanol–water partition coefficient (Wildman–Crippen LogP) is 4.57. The highest BCUT2D eigenvalue weighted by molar-refractivity contribution is 6.31. The van der Waals surface area contributed by atoms with Crippen LogP contribution in [0.4, 0.5) is 5.69 Å². The number of nitrogens with zero attached hydrogens (tertiary/aromatic N) is 1. The lowest BCUT2D eigenvalue weighted by Crippen LogP contribution is -2.13. The van der Waals surface area contributed by atoms with Gasteiger partial charge in [0.25, 0.3) is 5.91 Å². The monoisotopic (exact) mass is 342 g/mol. The number of aromatic hydroxyl groups is 1. The number of phenolic OH excluding ortho intramolecular Hbond substituents is 1. The van der Waals surface area contributed by atoms with Crippen molar-refractivity contribution >= 4 is 23.2 Å². The van der Waals surface area contributed by atoms with Gasteiger partial charge in [-0.05, 0) is 43.2 Å². The molecule has 0 spiro atoms. The molecule has 0 saturated carbocycles. The number of carbonyl (C=O) groups excluding carboxylic acids is 1. The van der Waals surface area contributed by atoms with Gasteiger partial charge in [-0.1, -0.05) is 35.0 Å². The molecule has 3 rings (SSSR count). The number of aryl methyl sites for hydroxylation is 1. The fourth-order valence-electron chi connectivity index (χ4n) is 2.21. The third-order valence-electron chi connectivity index (χ3n) is 3.75. The van der Waals surface area contributed by atoms with Crippen molar-refractivity contribution in [2.75, 3.05) is 5.32 Å². The number of carbonyl (C=O) groups is 1. The number of anilines is 1. The minimum absolute atomic E-state index is 0.143. The quantitative estimate of drug-likeness (QED) is 0.731. The second kappa shape index (κ2) is 6.37. The van der Waals surface area contributed by atoms with E-state index in [2.05, 4.69) is 10.5 Å². The molecular weight excluding hydrogens is 328 g/mol. The standard InChI is InChI=1S/C18H15ClN2O3/c1-10-6-7-12(8-16(10)22)17-9-15(21-24-17)18(23)20-14-5-3-4-13(19)11(14)2/h3-9,22H,1-2H3,(H,20,23). The Hall–Kier alpha value is -2.79. The van der Waals surface area contributed by atoms with Crippen molar-refractivity contribution in [3.63, 3.8) is 0 Å². The lowest BCUT2D eigenvalue weighted by molar-refractivity contribution is 0.101. The van der Waals surface area contributed by atoms with Crippen LogP contribution in [0.5, 0.6) is 5.75 Å². The molecule has 2 N–H and O–H groups in total. The van der Waals surface area contributed by atoms with Gasteiger partial charge >= 0.3 is 0 Å². The average molecular weight is 343 g/mol. The zero-order valence-corrected chi connectivity index (χ0v) is 13.9. The molecule has 5 nitrogen and oxygen atoms in total. The molecule has 1 aromatic heterocycles. The number of benzene rings is 2. The van der Waals surface area contributed by atoms with Gasteiger partial charge in [0.15, 0.2) is 11.5 Å². The van der Waals surface area contributed by atoms with Crippen LogP contribution in [-0.2, 0) is 0 Å². The Bertz CT molecular complexity index is 918. The van der Waals surface area contributed by atoms with Crippen molar-refractivity contribution in [2.45, 2.75) is 13.8 Å². The molecule has 1 amide bonds. The number of hydrogen-bond donors (Lipinski definition) is 2. The first-order chi connectivity index (χ1) is 11.5. The van der Waals surface area contributed by atoms with Crippen LogP contribution in [0.2, 0.25) is 5.02 Å². The Labute approximate surface area is 143 Å². The van der Waals surface area contributed by atoms with Gasteiger partial charge in [-0.2, -0.15) is 0 Å². The van der Waals surface area contributed by atoms with Crippen molar-refractivity contribution < 1.29 is 14.4 Å². The van der Waals surface area contributed by atoms with Crippen LogP contribution < -0.4 is 5.32 Å². The molecule has 0 aliphatic carbocycles. The first-order valence-corrected chi connectivity index (χ1v) is 7.66. The zero-order valence-electron chi connectivity index (χ0n) is 13.1. The number of rotatable bonds is 3. The Morgan fingerprint density at radius 3 is 2.75 bits per heavy atom. The van der Waals surface area contributed by atoms with E-state index in [1.807, 2.05) is 6.92 Å². The second-order valence-electron chi connectivity index (χ2n) is 5.44. The van der Waals surface area contributed by atoms with E-state index >= 15 is 0 Å². The Balaban J connectivity index is 1.83. The molecule has 0 aliphatic heterocycles. The molecule has 0 unspecified atom stereocenters. The number of nitrogens with one attached hydrogen (secondary N) is 1. The maximum absolute atomic E-state index is 12.3. The van der Waals surface area contributed by atoms with Crippen LogP contribution in [0.15, 0.2) is 47.0 Å². The van der Waals surface area contributed by atoms with E-state index < -0.39 is 5.91 Å². The molecule has 0 saturated heterocycles. The van der Waals surface area contributed by atoms with E-state index in [0.29, 0.717) is 22.0 Å². The summed E-state index contributed by atoms with van der Waals surface area (Å²) < 4.78 is 5.21. The minimum atomic E-state index is -0.397. The minimum Gasteiger partial charge on any atom is -0.508 e. The molecule has 0 atom stereocenters. The maximum atomic E-state index is 12.3. The summed E-state index contributed by atoms with van der Waals surface area (Å²) in [5.41, 5.74) is 2.94. The van der Waals surface area contributed by atoms with Crippen molar-refractivity contribution in [1.82, 2.24) is 5.16 Å². The molecule has 0 radical (unpaired) electrons. The molecule has 24 heavy (non-hydrogen) atoms. The summed E-state index contributed by atoms with van der Waals surface area (Å²) in [7, 11) is 0. The summed E-state index contributed by atoms with van der Waals surface area (Å²) in [6.07, 6.45) is 0. The molecule has 0 bridgehead atoms. The highest BCUT2D eigenvalue weighted by atomic mass is 35.5. The van der Waals surface area contributed by atoms with Gasteiger partial charge in [0.1, 0.15) is 5.75 Å². The van der Waals surface area contributed by atoms with Gasteiger partial charge in [-0.15, -0.1) is 0 Å². The van der Waals surface area contributed by atoms with Gasteiger partial charge in [0, 0.05) is 22.3 Å². The Kier molecular flexibility index (Phi) is 4.27. The van der Waals surface area contributed by atoms with E-state index in [1.54, 1.807) is 43.3 Å². The highest BCUT2D eigenvalue weighted by Crippen LogP contribution is 2.27. The second-order valence-corrected chi connectivity index (χ2v) is 5.85. The average Bonchev–Trinajstić information content (AvgIpc) is 3.04. The van der Waals surface area contributed by atoms with Crippen molar-refractivity contribution in [1.29, 1.82) is 0 Å². The summed E-state index contributed by atoms with van der Waals surface area (Å²) in [5.74, 6) is 0.162. The lowest BCUT2D eigenvalue weighted by atomic mass is 10.1. The lowest BCUT2D eigenvalue weighted by Gasteiger charge is -2.07. The molecule has 6 heteroatoms. The largest absolute Gasteiger partial charge is 0.508 e. The number of hydrogen-bond acceptors (Lipinski definition) is 4. The van der Waals surface area contributed by atoms with Gasteiger partial charge in [0.05, 0.1) is 0 Å². The van der Waals surface area contributed by atoms with Crippen LogP contribution in [0.1, 0.15) is 21.6 Å². The number of phenols is 1. The fraction of sp³-hybridized carbons (Fsp3) is 0.111. The summed E-state index contributed by atoms with van der Waals surface area (Å²) in [6, 6.07) is 11.9. The molecule has 1 heterocycles. The van der Waals surface area contributed by atoms with Crippen molar-refractivity contribution in [3.05, 3.63) is 64.3 Å². The van der Waals surface area contributed by atoms with Crippen LogP contribution in [-0.4, -0.2) is 16.2 Å². The zero-order chi connectivity index (χ0) is 17.3. The summed E-state index contributed by atoms with van der Waals surface area (Å²) in [4.78, 5) is 12.3. The molecule has 0 fully saturated rings. The van der Waals surface area contributed by atoms with Crippen LogP contribution in [0.3, 0.4) is 0 Å². The van der Waals surface area contributed by atoms with E-state index in [0.717, 1.165) is 11.1 Å². The van der Waals surface area contributed by atoms with Gasteiger partial charge in [-0.3, -0.25) is 4.79 Å². The van der Waals surface area contributed by atoms with Crippen LogP contribution in [0.25, 0.3) is 11.3 Å². The topological polar surface area (TPSA) is 75.4 Å². The predicted molar refractivity (Wildman–Crippen MR) is 92.5 cm³/mol. The van der Waals surface area contributed by atoms with E-state index in [9.17, 15) is 9.90 Å². The van der Waals surface area contributed by atoms with Gasteiger partial charge in [0.2, 0.25) is 0 Å². The normalized spacial score (nSPS) is 10.6. The summed E-state index contributed by atoms with van der Waals surface area (Å²) in [6.45, 7) is 3.62. The van der Waals surface area contributed by atoms with Crippen molar-refractivity contribution in [3.8, 4) is 17.1 Å². The first kappa shape index (κ1) is 16.1. The third-order valence-corrected chi connectivity index (χ3v) is 4.16. The molecule has 2 aromatic carbocycles. The summed E-state index contributed by atoms with van der Waals surface area (Å²) >= 11 is 6.05. The Morgan fingerprint density at radius 1 is 1.21 bits per heavy atom.